The first-order valence-electron chi connectivity index (χ1n) is 8.52. The molecule has 3 rings (SSSR count). The molecule has 0 bridgehead atoms. The quantitative estimate of drug-likeness (QED) is 0.780. The molecule has 1 saturated carbocycles. The van der Waals surface area contributed by atoms with Gasteiger partial charge in [0.2, 0.25) is 15.9 Å². The van der Waals surface area contributed by atoms with Gasteiger partial charge in [0.25, 0.3) is 0 Å². The number of nitrogens with one attached hydrogen (secondary N) is 2. The highest BCUT2D eigenvalue weighted by atomic mass is 32.2. The van der Waals surface area contributed by atoms with Crippen LogP contribution in [-0.4, -0.2) is 21.4 Å². The van der Waals surface area contributed by atoms with Crippen molar-refractivity contribution in [3.8, 4) is 5.75 Å². The Hall–Kier alpha value is -2.38. The molecule has 7 heteroatoms. The first-order valence-corrected chi connectivity index (χ1v) is 10.0. The summed E-state index contributed by atoms with van der Waals surface area (Å²) >= 11 is 0. The number of rotatable bonds is 7. The molecule has 0 saturated heterocycles. The number of hydrogen-bond acceptors (Lipinski definition) is 4. The zero-order valence-electron chi connectivity index (χ0n) is 14.6. The van der Waals surface area contributed by atoms with Gasteiger partial charge in [0.15, 0.2) is 0 Å². The molecule has 2 N–H and O–H groups in total. The van der Waals surface area contributed by atoms with E-state index in [1.54, 1.807) is 36.4 Å². The molecule has 0 heterocycles. The minimum Gasteiger partial charge on any atom is -0.495 e. The molecule has 1 aliphatic rings. The average molecular weight is 374 g/mol. The summed E-state index contributed by atoms with van der Waals surface area (Å²) < 4.78 is 32.7. The molecule has 1 aliphatic carbocycles. The Labute approximate surface area is 153 Å². The molecular weight excluding hydrogens is 352 g/mol. The number of ether oxygens (including phenoxy) is 1. The summed E-state index contributed by atoms with van der Waals surface area (Å²) in [5, 5.41) is 2.90. The average Bonchev–Trinajstić information content (AvgIpc) is 2.59. The first kappa shape index (κ1) is 18.4. The largest absolute Gasteiger partial charge is 0.495 e. The third-order valence-electron chi connectivity index (χ3n) is 4.50. The van der Waals surface area contributed by atoms with E-state index in [4.69, 9.17) is 4.74 Å². The van der Waals surface area contributed by atoms with Crippen molar-refractivity contribution in [3.63, 3.8) is 0 Å². The molecule has 2 aromatic carbocycles. The van der Waals surface area contributed by atoms with Crippen molar-refractivity contribution in [3.05, 3.63) is 54.1 Å². The van der Waals surface area contributed by atoms with Gasteiger partial charge in [-0.15, -0.1) is 0 Å². The summed E-state index contributed by atoms with van der Waals surface area (Å²) in [4.78, 5) is 12.1. The topological polar surface area (TPSA) is 84.5 Å². The number of para-hydroxylation sites is 1. The molecule has 0 atom stereocenters. The van der Waals surface area contributed by atoms with E-state index in [0.29, 0.717) is 11.4 Å². The van der Waals surface area contributed by atoms with Gasteiger partial charge < -0.3 is 10.1 Å². The van der Waals surface area contributed by atoms with Crippen LogP contribution in [0, 0.1) is 5.92 Å². The molecule has 0 radical (unpaired) electrons. The fourth-order valence-corrected chi connectivity index (χ4v) is 3.96. The number of benzene rings is 2. The lowest BCUT2D eigenvalue weighted by atomic mass is 9.85. The molecular formula is C19H22N2O4S. The zero-order valence-corrected chi connectivity index (χ0v) is 15.4. The van der Waals surface area contributed by atoms with Gasteiger partial charge in [0, 0.05) is 18.2 Å². The van der Waals surface area contributed by atoms with Gasteiger partial charge in [-0.1, -0.05) is 30.7 Å². The van der Waals surface area contributed by atoms with Crippen LogP contribution in [0.5, 0.6) is 5.75 Å². The van der Waals surface area contributed by atoms with E-state index in [1.807, 2.05) is 6.07 Å². The zero-order chi connectivity index (χ0) is 18.6. The van der Waals surface area contributed by atoms with Crippen molar-refractivity contribution in [2.24, 2.45) is 5.92 Å². The summed E-state index contributed by atoms with van der Waals surface area (Å²) in [5.41, 5.74) is 1.44. The fourth-order valence-electron chi connectivity index (χ4n) is 2.77. The normalized spacial score (nSPS) is 14.5. The smallest absolute Gasteiger partial charge is 0.244 e. The second-order valence-corrected chi connectivity index (χ2v) is 8.03. The lowest BCUT2D eigenvalue weighted by Crippen LogP contribution is -2.28. The van der Waals surface area contributed by atoms with Gasteiger partial charge >= 0.3 is 0 Å². The number of carbonyl (C=O) groups excluding carboxylic acids is 1. The molecule has 0 aromatic heterocycles. The second-order valence-electron chi connectivity index (χ2n) is 6.29. The van der Waals surface area contributed by atoms with Crippen LogP contribution in [0.4, 0.5) is 5.69 Å². The van der Waals surface area contributed by atoms with Crippen LogP contribution < -0.4 is 14.8 Å². The van der Waals surface area contributed by atoms with E-state index in [9.17, 15) is 13.2 Å². The Bertz CT molecular complexity index is 892. The van der Waals surface area contributed by atoms with Gasteiger partial charge in [-0.25, -0.2) is 13.1 Å². The van der Waals surface area contributed by atoms with Crippen molar-refractivity contribution < 1.29 is 17.9 Å². The number of hydrogen-bond donors (Lipinski definition) is 2. The van der Waals surface area contributed by atoms with Crippen LogP contribution in [0.15, 0.2) is 53.4 Å². The molecule has 2 aromatic rings. The Morgan fingerprint density at radius 2 is 1.92 bits per heavy atom. The van der Waals surface area contributed by atoms with Crippen molar-refractivity contribution in [1.29, 1.82) is 0 Å². The predicted molar refractivity (Wildman–Crippen MR) is 99.4 cm³/mol. The number of carbonyl (C=O) groups is 1. The van der Waals surface area contributed by atoms with E-state index in [1.165, 1.54) is 13.2 Å². The van der Waals surface area contributed by atoms with Crippen LogP contribution in [0.25, 0.3) is 0 Å². The van der Waals surface area contributed by atoms with E-state index in [2.05, 4.69) is 10.0 Å². The maximum absolute atomic E-state index is 12.5. The van der Waals surface area contributed by atoms with Crippen molar-refractivity contribution in [2.45, 2.75) is 30.7 Å². The number of sulfonamides is 1. The second kappa shape index (κ2) is 7.88. The molecule has 0 spiro atoms. The Balaban J connectivity index is 1.67. The SMILES string of the molecule is COc1ccccc1S(=O)(=O)NCc1cccc(NC(=O)C2CCC2)c1. The number of anilines is 1. The van der Waals surface area contributed by atoms with Crippen molar-refractivity contribution in [2.75, 3.05) is 12.4 Å². The van der Waals surface area contributed by atoms with Crippen LogP contribution in [0.3, 0.4) is 0 Å². The number of methoxy groups -OCH3 is 1. The van der Waals surface area contributed by atoms with E-state index >= 15 is 0 Å². The lowest BCUT2D eigenvalue weighted by molar-refractivity contribution is -0.122. The maximum Gasteiger partial charge on any atom is 0.244 e. The lowest BCUT2D eigenvalue weighted by Gasteiger charge is -2.24. The highest BCUT2D eigenvalue weighted by molar-refractivity contribution is 7.89. The molecule has 1 fully saturated rings. The van der Waals surface area contributed by atoms with Gasteiger partial charge in [-0.05, 0) is 42.7 Å². The van der Waals surface area contributed by atoms with E-state index in [0.717, 1.165) is 24.8 Å². The highest BCUT2D eigenvalue weighted by Gasteiger charge is 2.25. The summed E-state index contributed by atoms with van der Waals surface area (Å²) in [6.45, 7) is 0.119. The predicted octanol–water partition coefficient (Wildman–Crippen LogP) is 2.91. The molecule has 0 unspecified atom stereocenters. The molecule has 26 heavy (non-hydrogen) atoms. The van der Waals surface area contributed by atoms with Crippen molar-refractivity contribution >= 4 is 21.6 Å². The van der Waals surface area contributed by atoms with Crippen LogP contribution >= 0.6 is 0 Å². The third-order valence-corrected chi connectivity index (χ3v) is 5.94. The summed E-state index contributed by atoms with van der Waals surface area (Å²) in [5.74, 6) is 0.423. The molecule has 0 aliphatic heterocycles. The van der Waals surface area contributed by atoms with Crippen LogP contribution in [0.2, 0.25) is 0 Å². The monoisotopic (exact) mass is 374 g/mol. The Kier molecular flexibility index (Phi) is 5.58. The van der Waals surface area contributed by atoms with Gasteiger partial charge in [-0.3, -0.25) is 4.79 Å². The fraction of sp³-hybridized carbons (Fsp3) is 0.316. The third kappa shape index (κ3) is 4.23. The Morgan fingerprint density at radius 1 is 1.15 bits per heavy atom. The molecule has 6 nitrogen and oxygen atoms in total. The Morgan fingerprint density at radius 3 is 2.62 bits per heavy atom. The standard InChI is InChI=1S/C19H22N2O4S/c1-25-17-10-2-3-11-18(17)26(23,24)20-13-14-6-4-9-16(12-14)21-19(22)15-7-5-8-15/h2-4,6,9-12,15,20H,5,7-8,13H2,1H3,(H,21,22). The van der Waals surface area contributed by atoms with Gasteiger partial charge in [0.1, 0.15) is 10.6 Å². The van der Waals surface area contributed by atoms with Gasteiger partial charge in [0.05, 0.1) is 7.11 Å². The molecule has 138 valence electrons. The first-order chi connectivity index (χ1) is 12.5. The summed E-state index contributed by atoms with van der Waals surface area (Å²) in [6, 6.07) is 13.6. The maximum atomic E-state index is 12.5. The highest BCUT2D eigenvalue weighted by Crippen LogP contribution is 2.28. The molecule has 1 amide bonds. The minimum absolute atomic E-state index is 0.0306. The van der Waals surface area contributed by atoms with Gasteiger partial charge in [-0.2, -0.15) is 0 Å². The number of amides is 1. The van der Waals surface area contributed by atoms with E-state index in [-0.39, 0.29) is 23.3 Å². The van der Waals surface area contributed by atoms with Crippen molar-refractivity contribution in [1.82, 2.24) is 4.72 Å². The summed E-state index contributed by atoms with van der Waals surface area (Å²) in [7, 11) is -2.27. The van der Waals surface area contributed by atoms with E-state index < -0.39 is 10.0 Å². The summed E-state index contributed by atoms with van der Waals surface area (Å²) in [6.07, 6.45) is 2.97. The van der Waals surface area contributed by atoms with Crippen LogP contribution in [0.1, 0.15) is 24.8 Å². The minimum atomic E-state index is -3.71. The van der Waals surface area contributed by atoms with Crippen LogP contribution in [-0.2, 0) is 21.4 Å².